The highest BCUT2D eigenvalue weighted by molar-refractivity contribution is 9.10. The molecule has 4 nitrogen and oxygen atoms in total. The summed E-state index contributed by atoms with van der Waals surface area (Å²) in [5, 5.41) is 10.2. The Hall–Kier alpha value is -0.360. The average Bonchev–Trinajstić information content (AvgIpc) is 2.74. The Bertz CT molecular complexity index is 366. The van der Waals surface area contributed by atoms with Crippen molar-refractivity contribution >= 4 is 15.9 Å². The van der Waals surface area contributed by atoms with E-state index in [1.165, 1.54) is 0 Å². The van der Waals surface area contributed by atoms with E-state index in [0.29, 0.717) is 18.4 Å². The third-order valence-corrected chi connectivity index (χ3v) is 3.78. The molecule has 2 rings (SSSR count). The highest BCUT2D eigenvalue weighted by atomic mass is 79.9. The molecule has 0 saturated carbocycles. The Morgan fingerprint density at radius 1 is 1.53 bits per heavy atom. The molecule has 1 aromatic rings. The van der Waals surface area contributed by atoms with Crippen LogP contribution in [0.15, 0.2) is 21.2 Å². The van der Waals surface area contributed by atoms with E-state index in [0.717, 1.165) is 17.6 Å². The van der Waals surface area contributed by atoms with E-state index in [-0.39, 0.29) is 6.10 Å². The lowest BCUT2D eigenvalue weighted by molar-refractivity contribution is -0.102. The van der Waals surface area contributed by atoms with Gasteiger partial charge in [0.1, 0.15) is 18.0 Å². The van der Waals surface area contributed by atoms with Gasteiger partial charge in [0, 0.05) is 19.1 Å². The highest BCUT2D eigenvalue weighted by Crippen LogP contribution is 2.29. The fourth-order valence-electron chi connectivity index (χ4n) is 2.04. The van der Waals surface area contributed by atoms with E-state index in [2.05, 4.69) is 34.7 Å². The number of morpholine rings is 1. The molecular weight excluding hydrogens is 286 g/mol. The molecule has 1 aliphatic heterocycles. The van der Waals surface area contributed by atoms with Crippen LogP contribution in [0.1, 0.15) is 25.7 Å². The number of rotatable bonds is 3. The first-order chi connectivity index (χ1) is 8.09. The summed E-state index contributed by atoms with van der Waals surface area (Å²) in [5.41, 5.74) is 0. The summed E-state index contributed by atoms with van der Waals surface area (Å²) in [4.78, 5) is 2.30. The number of hydrogen-bond acceptors (Lipinski definition) is 4. The van der Waals surface area contributed by atoms with Crippen molar-refractivity contribution in [2.75, 3.05) is 19.7 Å². The van der Waals surface area contributed by atoms with Gasteiger partial charge in [0.25, 0.3) is 0 Å². The third kappa shape index (κ3) is 2.91. The number of nitrogens with zero attached hydrogens (tertiary/aromatic N) is 1. The summed E-state index contributed by atoms with van der Waals surface area (Å²) >= 11 is 3.35. The van der Waals surface area contributed by atoms with Crippen molar-refractivity contribution in [2.45, 2.75) is 32.1 Å². The molecule has 5 heteroatoms. The molecule has 2 atom stereocenters. The van der Waals surface area contributed by atoms with Crippen molar-refractivity contribution in [3.63, 3.8) is 0 Å². The Kier molecular flexibility index (Phi) is 4.25. The van der Waals surface area contributed by atoms with Gasteiger partial charge in [0.15, 0.2) is 0 Å². The number of furan rings is 1. The Labute approximate surface area is 110 Å². The van der Waals surface area contributed by atoms with Crippen LogP contribution in [0.25, 0.3) is 0 Å². The van der Waals surface area contributed by atoms with E-state index >= 15 is 0 Å². The maximum atomic E-state index is 10.2. The molecule has 0 amide bonds. The molecule has 0 radical (unpaired) electrons. The second kappa shape index (κ2) is 5.52. The van der Waals surface area contributed by atoms with E-state index in [9.17, 15) is 5.11 Å². The van der Waals surface area contributed by atoms with Crippen LogP contribution < -0.4 is 0 Å². The van der Waals surface area contributed by atoms with Gasteiger partial charge >= 0.3 is 0 Å². The highest BCUT2D eigenvalue weighted by Gasteiger charge is 2.31. The summed E-state index contributed by atoms with van der Waals surface area (Å²) in [6.07, 6.45) is 0.612. The van der Waals surface area contributed by atoms with Crippen LogP contribution in [0.4, 0.5) is 0 Å². The van der Waals surface area contributed by atoms with Crippen LogP contribution in [-0.4, -0.2) is 41.8 Å². The topological polar surface area (TPSA) is 45.8 Å². The summed E-state index contributed by atoms with van der Waals surface area (Å²) in [6.45, 7) is 6.60. The van der Waals surface area contributed by atoms with E-state index in [4.69, 9.17) is 9.15 Å². The maximum Gasteiger partial charge on any atom is 0.149 e. The van der Waals surface area contributed by atoms with Crippen molar-refractivity contribution in [2.24, 2.45) is 0 Å². The minimum atomic E-state index is -0.721. The monoisotopic (exact) mass is 303 g/mol. The number of hydrogen-bond donors (Lipinski definition) is 1. The lowest BCUT2D eigenvalue weighted by Crippen LogP contribution is -2.47. The largest absolute Gasteiger partial charge is 0.465 e. The quantitative estimate of drug-likeness (QED) is 0.930. The molecular formula is C12H18BrNO3. The van der Waals surface area contributed by atoms with Crippen molar-refractivity contribution in [1.29, 1.82) is 0 Å². The fourth-order valence-corrected chi connectivity index (χ4v) is 2.48. The van der Waals surface area contributed by atoms with Gasteiger partial charge in [-0.2, -0.15) is 0 Å². The molecule has 17 heavy (non-hydrogen) atoms. The molecule has 0 spiro atoms. The first-order valence-corrected chi connectivity index (χ1v) is 6.65. The Balaban J connectivity index is 2.05. The van der Waals surface area contributed by atoms with Gasteiger partial charge in [-0.05, 0) is 35.8 Å². The Morgan fingerprint density at radius 2 is 2.29 bits per heavy atom. The second-order valence-corrected chi connectivity index (χ2v) is 5.43. The molecule has 2 heterocycles. The first-order valence-electron chi connectivity index (χ1n) is 5.86. The summed E-state index contributed by atoms with van der Waals surface area (Å²) < 4.78 is 11.7. The van der Waals surface area contributed by atoms with Crippen molar-refractivity contribution in [3.8, 4) is 0 Å². The lowest BCUT2D eigenvalue weighted by Gasteiger charge is -2.36. The number of ether oxygens (including phenoxy) is 1. The van der Waals surface area contributed by atoms with Crippen LogP contribution in [0.2, 0.25) is 0 Å². The number of aliphatic hydroxyl groups is 1. The van der Waals surface area contributed by atoms with Crippen molar-refractivity contribution < 1.29 is 14.3 Å². The SMILES string of the molecule is CC(C)N1CCOC(C(O)c2occc2Br)C1. The fraction of sp³-hybridized carbons (Fsp3) is 0.667. The van der Waals surface area contributed by atoms with Crippen LogP contribution in [0.3, 0.4) is 0 Å². The number of aliphatic hydroxyl groups excluding tert-OH is 1. The summed E-state index contributed by atoms with van der Waals surface area (Å²) in [6, 6.07) is 2.25. The van der Waals surface area contributed by atoms with Gasteiger partial charge < -0.3 is 14.3 Å². The second-order valence-electron chi connectivity index (χ2n) is 4.58. The predicted molar refractivity (Wildman–Crippen MR) is 67.8 cm³/mol. The summed E-state index contributed by atoms with van der Waals surface area (Å²) in [5.74, 6) is 0.542. The smallest absolute Gasteiger partial charge is 0.149 e. The standard InChI is InChI=1S/C12H18BrNO3/c1-8(2)14-4-6-16-10(7-14)11(15)12-9(13)3-5-17-12/h3,5,8,10-11,15H,4,6-7H2,1-2H3. The third-order valence-electron chi connectivity index (χ3n) is 3.12. The van der Waals surface area contributed by atoms with E-state index in [1.807, 2.05) is 0 Å². The zero-order chi connectivity index (χ0) is 12.4. The minimum Gasteiger partial charge on any atom is -0.465 e. The van der Waals surface area contributed by atoms with Gasteiger partial charge in [-0.1, -0.05) is 0 Å². The average molecular weight is 304 g/mol. The molecule has 1 aromatic heterocycles. The van der Waals surface area contributed by atoms with Gasteiger partial charge in [0.2, 0.25) is 0 Å². The number of halogens is 1. The lowest BCUT2D eigenvalue weighted by atomic mass is 10.1. The molecule has 1 aliphatic rings. The molecule has 0 bridgehead atoms. The molecule has 1 fully saturated rings. The minimum absolute atomic E-state index is 0.228. The Morgan fingerprint density at radius 3 is 2.88 bits per heavy atom. The molecule has 0 aromatic carbocycles. The van der Waals surface area contributed by atoms with Crippen LogP contribution in [0.5, 0.6) is 0 Å². The molecule has 1 N–H and O–H groups in total. The molecule has 1 saturated heterocycles. The molecule has 2 unspecified atom stereocenters. The predicted octanol–water partition coefficient (Wildman–Crippen LogP) is 2.18. The first kappa shape index (κ1) is 13.1. The van der Waals surface area contributed by atoms with Crippen molar-refractivity contribution in [1.82, 2.24) is 4.90 Å². The van der Waals surface area contributed by atoms with Crippen LogP contribution in [-0.2, 0) is 4.74 Å². The molecule has 0 aliphatic carbocycles. The molecule has 96 valence electrons. The zero-order valence-electron chi connectivity index (χ0n) is 10.1. The van der Waals surface area contributed by atoms with Gasteiger partial charge in [-0.15, -0.1) is 0 Å². The maximum absolute atomic E-state index is 10.2. The van der Waals surface area contributed by atoms with Crippen molar-refractivity contribution in [3.05, 3.63) is 22.6 Å². The summed E-state index contributed by atoms with van der Waals surface area (Å²) in [7, 11) is 0. The van der Waals surface area contributed by atoms with Gasteiger partial charge in [0.05, 0.1) is 17.3 Å². The van der Waals surface area contributed by atoms with E-state index in [1.54, 1.807) is 12.3 Å². The zero-order valence-corrected chi connectivity index (χ0v) is 11.7. The van der Waals surface area contributed by atoms with Gasteiger partial charge in [-0.25, -0.2) is 0 Å². The van der Waals surface area contributed by atoms with Crippen LogP contribution >= 0.6 is 15.9 Å². The van der Waals surface area contributed by atoms with E-state index < -0.39 is 6.10 Å². The van der Waals surface area contributed by atoms with Crippen LogP contribution in [0, 0.1) is 0 Å². The normalized spacial score (nSPS) is 24.2. The van der Waals surface area contributed by atoms with Gasteiger partial charge in [-0.3, -0.25) is 4.90 Å².